The molecule has 1 N–H and O–H groups in total. The molecule has 4 rings (SSSR count). The van der Waals surface area contributed by atoms with Gasteiger partial charge in [-0.3, -0.25) is 4.90 Å². The van der Waals surface area contributed by atoms with E-state index in [1.54, 1.807) is 6.07 Å². The third-order valence-electron chi connectivity index (χ3n) is 5.37. The molecule has 5 heteroatoms. The zero-order chi connectivity index (χ0) is 18.1. The summed E-state index contributed by atoms with van der Waals surface area (Å²) in [6, 6.07) is 13.8. The summed E-state index contributed by atoms with van der Waals surface area (Å²) >= 11 is 0. The minimum atomic E-state index is -0.128. The summed E-state index contributed by atoms with van der Waals surface area (Å²) in [5.41, 5.74) is 4.08. The fraction of sp³-hybridized carbons (Fsp3) is 0.381. The van der Waals surface area contributed by atoms with Gasteiger partial charge in [-0.25, -0.2) is 9.37 Å². The molecule has 1 fully saturated rings. The van der Waals surface area contributed by atoms with Crippen LogP contribution in [0.3, 0.4) is 0 Å². The Labute approximate surface area is 153 Å². The maximum atomic E-state index is 14.0. The SMILES string of the molecule is Cc1ccc2nc(CN(C)C3CCN(c4ccccc4F)CC3)[nH]c2c1. The topological polar surface area (TPSA) is 35.2 Å². The van der Waals surface area contributed by atoms with Crippen molar-refractivity contribution in [3.05, 3.63) is 59.7 Å². The molecule has 26 heavy (non-hydrogen) atoms. The highest BCUT2D eigenvalue weighted by molar-refractivity contribution is 5.75. The molecule has 1 aliphatic rings. The van der Waals surface area contributed by atoms with Crippen molar-refractivity contribution in [2.75, 3.05) is 25.0 Å². The van der Waals surface area contributed by atoms with Gasteiger partial charge in [0.1, 0.15) is 11.6 Å². The summed E-state index contributed by atoms with van der Waals surface area (Å²) in [7, 11) is 2.15. The number of hydrogen-bond acceptors (Lipinski definition) is 3. The Morgan fingerprint density at radius 3 is 2.73 bits per heavy atom. The van der Waals surface area contributed by atoms with E-state index in [-0.39, 0.29) is 5.82 Å². The number of halogens is 1. The molecule has 0 radical (unpaired) electrons. The molecule has 2 heterocycles. The average molecular weight is 352 g/mol. The molecule has 4 nitrogen and oxygen atoms in total. The van der Waals surface area contributed by atoms with Gasteiger partial charge in [0.2, 0.25) is 0 Å². The molecule has 136 valence electrons. The van der Waals surface area contributed by atoms with Crippen LogP contribution in [0.1, 0.15) is 24.2 Å². The molecular formula is C21H25FN4. The van der Waals surface area contributed by atoms with Gasteiger partial charge in [0.15, 0.2) is 0 Å². The smallest absolute Gasteiger partial charge is 0.146 e. The van der Waals surface area contributed by atoms with Crippen LogP contribution >= 0.6 is 0 Å². The van der Waals surface area contributed by atoms with Crippen molar-refractivity contribution in [3.8, 4) is 0 Å². The molecule has 1 saturated heterocycles. The first-order chi connectivity index (χ1) is 12.6. The number of benzene rings is 2. The highest BCUT2D eigenvalue weighted by atomic mass is 19.1. The Hall–Kier alpha value is -2.40. The van der Waals surface area contributed by atoms with Gasteiger partial charge in [-0.05, 0) is 56.6 Å². The van der Waals surface area contributed by atoms with Crippen molar-refractivity contribution in [2.45, 2.75) is 32.4 Å². The highest BCUT2D eigenvalue weighted by Gasteiger charge is 2.24. The lowest BCUT2D eigenvalue weighted by molar-refractivity contribution is 0.196. The van der Waals surface area contributed by atoms with Gasteiger partial charge in [-0.1, -0.05) is 18.2 Å². The van der Waals surface area contributed by atoms with Crippen molar-refractivity contribution < 1.29 is 4.39 Å². The molecule has 0 saturated carbocycles. The number of H-pyrrole nitrogens is 1. The van der Waals surface area contributed by atoms with E-state index in [0.717, 1.165) is 55.0 Å². The van der Waals surface area contributed by atoms with Crippen LogP contribution in [0.2, 0.25) is 0 Å². The van der Waals surface area contributed by atoms with Crippen molar-refractivity contribution in [1.82, 2.24) is 14.9 Å². The Morgan fingerprint density at radius 1 is 1.19 bits per heavy atom. The van der Waals surface area contributed by atoms with Gasteiger partial charge in [0.25, 0.3) is 0 Å². The van der Waals surface area contributed by atoms with Gasteiger partial charge in [0, 0.05) is 19.1 Å². The van der Waals surface area contributed by atoms with E-state index in [4.69, 9.17) is 4.98 Å². The minimum absolute atomic E-state index is 0.128. The quantitative estimate of drug-likeness (QED) is 0.767. The largest absolute Gasteiger partial charge is 0.369 e. The van der Waals surface area contributed by atoms with Crippen LogP contribution in [0.4, 0.5) is 10.1 Å². The second-order valence-electron chi connectivity index (χ2n) is 7.29. The Kier molecular flexibility index (Phi) is 4.64. The zero-order valence-electron chi connectivity index (χ0n) is 15.4. The second kappa shape index (κ2) is 7.08. The van der Waals surface area contributed by atoms with Crippen LogP contribution in [0.25, 0.3) is 11.0 Å². The molecule has 0 aliphatic carbocycles. The van der Waals surface area contributed by atoms with Crippen molar-refractivity contribution in [3.63, 3.8) is 0 Å². The maximum Gasteiger partial charge on any atom is 0.146 e. The lowest BCUT2D eigenvalue weighted by Gasteiger charge is -2.37. The number of hydrogen-bond donors (Lipinski definition) is 1. The number of aromatic nitrogens is 2. The summed E-state index contributed by atoms with van der Waals surface area (Å²) in [5, 5.41) is 0. The molecule has 2 aromatic carbocycles. The van der Waals surface area contributed by atoms with Crippen molar-refractivity contribution in [1.29, 1.82) is 0 Å². The lowest BCUT2D eigenvalue weighted by Crippen LogP contribution is -2.43. The molecule has 1 aliphatic heterocycles. The molecule has 0 atom stereocenters. The van der Waals surface area contributed by atoms with Crippen LogP contribution in [0.5, 0.6) is 0 Å². The van der Waals surface area contributed by atoms with E-state index in [0.29, 0.717) is 6.04 Å². The number of nitrogens with zero attached hydrogens (tertiary/aromatic N) is 3. The van der Waals surface area contributed by atoms with E-state index in [2.05, 4.69) is 47.0 Å². The van der Waals surface area contributed by atoms with Gasteiger partial charge in [-0.15, -0.1) is 0 Å². The Bertz CT molecular complexity index is 896. The molecule has 0 spiro atoms. The fourth-order valence-corrected chi connectivity index (χ4v) is 3.87. The van der Waals surface area contributed by atoms with Crippen LogP contribution in [0.15, 0.2) is 42.5 Å². The van der Waals surface area contributed by atoms with Crippen LogP contribution in [0, 0.1) is 12.7 Å². The number of anilines is 1. The number of para-hydroxylation sites is 1. The number of piperidine rings is 1. The number of imidazole rings is 1. The predicted octanol–water partition coefficient (Wildman–Crippen LogP) is 4.11. The number of fused-ring (bicyclic) bond motifs is 1. The van der Waals surface area contributed by atoms with Gasteiger partial charge in [0.05, 0.1) is 23.3 Å². The molecule has 0 bridgehead atoms. The Morgan fingerprint density at radius 2 is 1.96 bits per heavy atom. The van der Waals surface area contributed by atoms with Crippen LogP contribution < -0.4 is 4.90 Å². The van der Waals surface area contributed by atoms with Crippen molar-refractivity contribution in [2.24, 2.45) is 0 Å². The average Bonchev–Trinajstić information content (AvgIpc) is 3.03. The van der Waals surface area contributed by atoms with E-state index >= 15 is 0 Å². The van der Waals surface area contributed by atoms with Gasteiger partial charge >= 0.3 is 0 Å². The number of rotatable bonds is 4. The third kappa shape index (κ3) is 3.44. The summed E-state index contributed by atoms with van der Waals surface area (Å²) in [6.45, 7) is 4.66. The van der Waals surface area contributed by atoms with Crippen molar-refractivity contribution >= 4 is 16.7 Å². The van der Waals surface area contributed by atoms with Gasteiger partial charge in [-0.2, -0.15) is 0 Å². The van der Waals surface area contributed by atoms with Gasteiger partial charge < -0.3 is 9.88 Å². The normalized spacial score (nSPS) is 15.9. The number of aryl methyl sites for hydroxylation is 1. The van der Waals surface area contributed by atoms with Crippen LogP contribution in [-0.4, -0.2) is 41.0 Å². The van der Waals surface area contributed by atoms with E-state index in [1.165, 1.54) is 11.6 Å². The first-order valence-electron chi connectivity index (χ1n) is 9.25. The third-order valence-corrected chi connectivity index (χ3v) is 5.37. The number of aromatic amines is 1. The minimum Gasteiger partial charge on any atom is -0.369 e. The summed E-state index contributed by atoms with van der Waals surface area (Å²) in [6.07, 6.45) is 2.06. The first kappa shape index (κ1) is 17.0. The first-order valence-corrected chi connectivity index (χ1v) is 9.25. The fourth-order valence-electron chi connectivity index (χ4n) is 3.87. The molecule has 3 aromatic rings. The lowest BCUT2D eigenvalue weighted by atomic mass is 10.0. The van der Waals surface area contributed by atoms with E-state index < -0.39 is 0 Å². The maximum absolute atomic E-state index is 14.0. The summed E-state index contributed by atoms with van der Waals surface area (Å²) in [4.78, 5) is 12.7. The number of nitrogens with one attached hydrogen (secondary N) is 1. The molecule has 0 unspecified atom stereocenters. The van der Waals surface area contributed by atoms with E-state index in [9.17, 15) is 4.39 Å². The monoisotopic (exact) mass is 352 g/mol. The zero-order valence-corrected chi connectivity index (χ0v) is 15.4. The summed E-state index contributed by atoms with van der Waals surface area (Å²) < 4.78 is 14.0. The highest BCUT2D eigenvalue weighted by Crippen LogP contribution is 2.25. The van der Waals surface area contributed by atoms with E-state index in [1.807, 2.05) is 12.1 Å². The predicted molar refractivity (Wildman–Crippen MR) is 104 cm³/mol. The molecule has 1 aromatic heterocycles. The standard InChI is InChI=1S/C21H25FN4/c1-15-7-8-18-19(13-15)24-21(23-18)14-25(2)16-9-11-26(12-10-16)20-6-4-3-5-17(20)22/h3-8,13,16H,9-12,14H2,1-2H3,(H,23,24). The molecule has 0 amide bonds. The second-order valence-corrected chi connectivity index (χ2v) is 7.29. The Balaban J connectivity index is 1.38. The summed E-state index contributed by atoms with van der Waals surface area (Å²) in [5.74, 6) is 0.876. The molecular weight excluding hydrogens is 327 g/mol. The van der Waals surface area contributed by atoms with Crippen LogP contribution in [-0.2, 0) is 6.54 Å².